The minimum atomic E-state index is -3.57. The fourth-order valence-corrected chi connectivity index (χ4v) is 5.87. The Morgan fingerprint density at radius 2 is 1.76 bits per heavy atom. The number of piperidine rings is 1. The summed E-state index contributed by atoms with van der Waals surface area (Å²) in [7, 11) is -2.02. The van der Waals surface area contributed by atoms with Crippen LogP contribution in [-0.2, 0) is 14.8 Å². The molecule has 1 amide bonds. The molecule has 7 nitrogen and oxygen atoms in total. The van der Waals surface area contributed by atoms with Gasteiger partial charge in [0.25, 0.3) is 0 Å². The molecule has 0 saturated carbocycles. The lowest BCUT2D eigenvalue weighted by molar-refractivity contribution is -0.136. The van der Waals surface area contributed by atoms with Gasteiger partial charge in [0.2, 0.25) is 15.9 Å². The van der Waals surface area contributed by atoms with E-state index in [0.29, 0.717) is 31.7 Å². The molecule has 0 radical (unpaired) electrons. The van der Waals surface area contributed by atoms with Gasteiger partial charge in [-0.15, -0.1) is 0 Å². The average Bonchev–Trinajstić information content (AvgIpc) is 2.99. The zero-order chi connectivity index (χ0) is 21.4. The molecule has 29 heavy (non-hydrogen) atoms. The summed E-state index contributed by atoms with van der Waals surface area (Å²) in [5.41, 5.74) is -0.465. The highest BCUT2D eigenvalue weighted by Gasteiger charge is 2.54. The fraction of sp³-hybridized carbons (Fsp3) is 0.667. The smallest absolute Gasteiger partial charge is 0.243 e. The molecule has 2 aliphatic heterocycles. The first kappa shape index (κ1) is 22.1. The fourth-order valence-electron chi connectivity index (χ4n) is 4.43. The number of amides is 1. The minimum Gasteiger partial charge on any atom is -0.497 e. The van der Waals surface area contributed by atoms with Crippen molar-refractivity contribution in [3.05, 3.63) is 24.3 Å². The van der Waals surface area contributed by atoms with Gasteiger partial charge in [0.15, 0.2) is 0 Å². The van der Waals surface area contributed by atoms with Crippen LogP contribution >= 0.6 is 0 Å². The van der Waals surface area contributed by atoms with Crippen molar-refractivity contribution in [2.45, 2.75) is 69.6 Å². The van der Waals surface area contributed by atoms with Gasteiger partial charge < -0.3 is 9.64 Å². The number of hydrogen-bond acceptors (Lipinski definition) is 5. The van der Waals surface area contributed by atoms with Gasteiger partial charge in [-0.2, -0.15) is 4.31 Å². The van der Waals surface area contributed by atoms with Gasteiger partial charge in [-0.3, -0.25) is 10.1 Å². The topological polar surface area (TPSA) is 79.0 Å². The van der Waals surface area contributed by atoms with Crippen molar-refractivity contribution in [3.63, 3.8) is 0 Å². The standard InChI is InChI=1S/C21H33N3O4S/c1-6-16(4)24-20(25)19(15(2)3)22-21(24)11-13-23(14-12-21)29(26,27)18-9-7-17(28-5)8-10-18/h7-10,15-16,19,22H,6,11-14H2,1-5H3. The summed E-state index contributed by atoms with van der Waals surface area (Å²) in [6.45, 7) is 9.01. The molecule has 2 aliphatic rings. The predicted octanol–water partition coefficient (Wildman–Crippen LogP) is 2.43. The van der Waals surface area contributed by atoms with Gasteiger partial charge in [0, 0.05) is 19.1 Å². The van der Waals surface area contributed by atoms with Crippen molar-refractivity contribution < 1.29 is 17.9 Å². The second-order valence-corrected chi connectivity index (χ2v) is 10.4. The van der Waals surface area contributed by atoms with Crippen molar-refractivity contribution >= 4 is 15.9 Å². The number of carbonyl (C=O) groups excluding carboxylic acids is 1. The average molecular weight is 424 g/mol. The van der Waals surface area contributed by atoms with Crippen LogP contribution in [0.4, 0.5) is 0 Å². The van der Waals surface area contributed by atoms with Crippen molar-refractivity contribution in [3.8, 4) is 5.75 Å². The van der Waals surface area contributed by atoms with E-state index in [9.17, 15) is 13.2 Å². The first-order chi connectivity index (χ1) is 13.7. The molecule has 2 atom stereocenters. The third-order valence-electron chi connectivity index (χ3n) is 6.33. The third kappa shape index (κ3) is 3.90. The van der Waals surface area contributed by atoms with E-state index >= 15 is 0 Å². The third-order valence-corrected chi connectivity index (χ3v) is 8.25. The van der Waals surface area contributed by atoms with Crippen LogP contribution in [0.5, 0.6) is 5.75 Å². The molecule has 3 rings (SSSR count). The van der Waals surface area contributed by atoms with Crippen LogP contribution in [0.25, 0.3) is 0 Å². The predicted molar refractivity (Wildman–Crippen MR) is 112 cm³/mol. The summed E-state index contributed by atoms with van der Waals surface area (Å²) in [5.74, 6) is 0.953. The number of methoxy groups -OCH3 is 1. The molecule has 2 unspecified atom stereocenters. The van der Waals surface area contributed by atoms with Crippen LogP contribution < -0.4 is 10.1 Å². The van der Waals surface area contributed by atoms with Gasteiger partial charge in [0.1, 0.15) is 5.75 Å². The molecule has 8 heteroatoms. The van der Waals surface area contributed by atoms with Crippen molar-refractivity contribution in [2.75, 3.05) is 20.2 Å². The Hall–Kier alpha value is -1.64. The lowest BCUT2D eigenvalue weighted by Crippen LogP contribution is -2.61. The normalized spacial score (nSPS) is 23.7. The Morgan fingerprint density at radius 3 is 2.24 bits per heavy atom. The second kappa shape index (κ2) is 8.24. The SMILES string of the molecule is CCC(C)N1C(=O)C(C(C)C)NC12CCN(S(=O)(=O)c1ccc(OC)cc1)CC2. The van der Waals surface area contributed by atoms with Gasteiger partial charge >= 0.3 is 0 Å². The quantitative estimate of drug-likeness (QED) is 0.760. The van der Waals surface area contributed by atoms with Crippen LogP contribution in [0.1, 0.15) is 47.0 Å². The molecule has 1 spiro atoms. The molecule has 0 aromatic heterocycles. The van der Waals surface area contributed by atoms with Crippen LogP contribution in [0.3, 0.4) is 0 Å². The van der Waals surface area contributed by atoms with Crippen molar-refractivity contribution in [1.82, 2.24) is 14.5 Å². The van der Waals surface area contributed by atoms with E-state index in [-0.39, 0.29) is 28.8 Å². The molecule has 0 aliphatic carbocycles. The monoisotopic (exact) mass is 423 g/mol. The maximum absolute atomic E-state index is 13.1. The summed E-state index contributed by atoms with van der Waals surface area (Å²) in [5, 5.41) is 3.59. The lowest BCUT2D eigenvalue weighted by atomic mass is 9.95. The Labute approximate surface area is 174 Å². The lowest BCUT2D eigenvalue weighted by Gasteiger charge is -2.46. The molecule has 2 fully saturated rings. The van der Waals surface area contributed by atoms with Gasteiger partial charge in [0.05, 0.1) is 23.7 Å². The van der Waals surface area contributed by atoms with E-state index in [1.807, 2.05) is 18.7 Å². The number of ether oxygens (including phenoxy) is 1. The van der Waals surface area contributed by atoms with E-state index in [4.69, 9.17) is 4.74 Å². The summed E-state index contributed by atoms with van der Waals surface area (Å²) < 4.78 is 32.8. The number of rotatable bonds is 6. The second-order valence-electron chi connectivity index (χ2n) is 8.44. The Kier molecular flexibility index (Phi) is 6.27. The number of nitrogens with one attached hydrogen (secondary N) is 1. The number of benzene rings is 1. The van der Waals surface area contributed by atoms with Gasteiger partial charge in [-0.05, 0) is 56.4 Å². The Morgan fingerprint density at radius 1 is 1.17 bits per heavy atom. The zero-order valence-electron chi connectivity index (χ0n) is 18.0. The number of sulfonamides is 1. The summed E-state index contributed by atoms with van der Waals surface area (Å²) in [6, 6.07) is 6.38. The molecule has 1 aromatic carbocycles. The molecule has 1 N–H and O–H groups in total. The molecular formula is C21H33N3O4S. The maximum atomic E-state index is 13.1. The van der Waals surface area contributed by atoms with Crippen LogP contribution in [-0.4, -0.2) is 61.5 Å². The number of nitrogens with zero attached hydrogens (tertiary/aromatic N) is 2. The zero-order valence-corrected chi connectivity index (χ0v) is 18.8. The van der Waals surface area contributed by atoms with E-state index in [2.05, 4.69) is 19.2 Å². The summed E-state index contributed by atoms with van der Waals surface area (Å²) in [4.78, 5) is 15.4. The van der Waals surface area contributed by atoms with Crippen LogP contribution in [0.2, 0.25) is 0 Å². The molecule has 162 valence electrons. The highest BCUT2D eigenvalue weighted by Crippen LogP contribution is 2.37. The number of hydrogen-bond donors (Lipinski definition) is 1. The highest BCUT2D eigenvalue weighted by atomic mass is 32.2. The first-order valence-electron chi connectivity index (χ1n) is 10.4. The molecule has 2 heterocycles. The Balaban J connectivity index is 1.81. The minimum absolute atomic E-state index is 0.114. The van der Waals surface area contributed by atoms with Gasteiger partial charge in [-0.1, -0.05) is 20.8 Å². The van der Waals surface area contributed by atoms with E-state index in [1.54, 1.807) is 31.4 Å². The van der Waals surface area contributed by atoms with E-state index in [0.717, 1.165) is 6.42 Å². The molecule has 1 aromatic rings. The maximum Gasteiger partial charge on any atom is 0.243 e. The van der Waals surface area contributed by atoms with Crippen LogP contribution in [0.15, 0.2) is 29.2 Å². The van der Waals surface area contributed by atoms with Gasteiger partial charge in [-0.25, -0.2) is 8.42 Å². The van der Waals surface area contributed by atoms with E-state index in [1.165, 1.54) is 4.31 Å². The summed E-state index contributed by atoms with van der Waals surface area (Å²) >= 11 is 0. The van der Waals surface area contributed by atoms with Crippen molar-refractivity contribution in [2.24, 2.45) is 5.92 Å². The largest absolute Gasteiger partial charge is 0.497 e. The number of carbonyl (C=O) groups is 1. The van der Waals surface area contributed by atoms with Crippen LogP contribution in [0, 0.1) is 5.92 Å². The molecular weight excluding hydrogens is 390 g/mol. The highest BCUT2D eigenvalue weighted by molar-refractivity contribution is 7.89. The Bertz CT molecular complexity index is 830. The van der Waals surface area contributed by atoms with Crippen molar-refractivity contribution in [1.29, 1.82) is 0 Å². The molecule has 0 bridgehead atoms. The molecule has 2 saturated heterocycles. The first-order valence-corrected chi connectivity index (χ1v) is 11.9. The summed E-state index contributed by atoms with van der Waals surface area (Å²) in [6.07, 6.45) is 2.04. The van der Waals surface area contributed by atoms with E-state index < -0.39 is 15.7 Å².